The molecule has 0 aliphatic heterocycles. The van der Waals surface area contributed by atoms with Gasteiger partial charge >= 0.3 is 0 Å². The van der Waals surface area contributed by atoms with Crippen LogP contribution in [0.5, 0.6) is 0 Å². The normalized spacial score (nSPS) is 13.2. The molecule has 0 amide bonds. The van der Waals surface area contributed by atoms with Crippen molar-refractivity contribution < 1.29 is 0 Å². The molecule has 1 aromatic heterocycles. The van der Waals surface area contributed by atoms with Gasteiger partial charge in [0.2, 0.25) is 0 Å². The van der Waals surface area contributed by atoms with Crippen molar-refractivity contribution in [3.05, 3.63) is 18.2 Å². The molecule has 0 fully saturated rings. The lowest BCUT2D eigenvalue weighted by atomic mass is 10.1. The van der Waals surface area contributed by atoms with Gasteiger partial charge in [-0.3, -0.25) is 0 Å². The number of imidazole rings is 1. The van der Waals surface area contributed by atoms with Gasteiger partial charge in [0.1, 0.15) is 0 Å². The molecular weight excluding hydrogens is 162 g/mol. The smallest absolute Gasteiger partial charge is 0.0946 e. The molecule has 1 N–H and O–H groups in total. The summed E-state index contributed by atoms with van der Waals surface area (Å²) in [5.74, 6) is 0. The molecule has 13 heavy (non-hydrogen) atoms. The molecule has 0 saturated carbocycles. The van der Waals surface area contributed by atoms with Crippen molar-refractivity contribution in [1.82, 2.24) is 14.9 Å². The van der Waals surface area contributed by atoms with Crippen LogP contribution in [0, 0.1) is 0 Å². The van der Waals surface area contributed by atoms with E-state index in [0.29, 0.717) is 6.04 Å². The second kappa shape index (κ2) is 5.02. The fraction of sp³-hybridized carbons (Fsp3) is 0.700. The van der Waals surface area contributed by atoms with Gasteiger partial charge in [-0.2, -0.15) is 0 Å². The lowest BCUT2D eigenvalue weighted by molar-refractivity contribution is 0.485. The first-order valence-electron chi connectivity index (χ1n) is 4.99. The summed E-state index contributed by atoms with van der Waals surface area (Å²) in [6.07, 6.45) is 6.18. The Bertz CT molecular complexity index is 236. The third-order valence-electron chi connectivity index (χ3n) is 2.24. The highest BCUT2D eigenvalue weighted by atomic mass is 15.1. The minimum atomic E-state index is 0.461. The van der Waals surface area contributed by atoms with Crippen LogP contribution in [0.3, 0.4) is 0 Å². The molecular formula is C10H19N3. The Hall–Kier alpha value is -0.830. The van der Waals surface area contributed by atoms with Gasteiger partial charge in [0, 0.05) is 19.3 Å². The average Bonchev–Trinajstić information content (AvgIpc) is 2.51. The van der Waals surface area contributed by atoms with Crippen LogP contribution < -0.4 is 5.32 Å². The summed E-state index contributed by atoms with van der Waals surface area (Å²) in [6, 6.07) is 0.461. The second-order valence-corrected chi connectivity index (χ2v) is 3.33. The largest absolute Gasteiger partial charge is 0.336 e. The molecule has 0 saturated heterocycles. The number of aryl methyl sites for hydroxylation is 1. The predicted octanol–water partition coefficient (Wildman–Crippen LogP) is 1.87. The molecule has 0 radical (unpaired) electrons. The highest BCUT2D eigenvalue weighted by Crippen LogP contribution is 2.16. The van der Waals surface area contributed by atoms with Crippen LogP contribution >= 0.6 is 0 Å². The number of hydrogen-bond acceptors (Lipinski definition) is 2. The van der Waals surface area contributed by atoms with E-state index in [4.69, 9.17) is 0 Å². The van der Waals surface area contributed by atoms with Gasteiger partial charge in [-0.1, -0.05) is 20.3 Å². The zero-order chi connectivity index (χ0) is 9.68. The molecule has 1 rings (SSSR count). The van der Waals surface area contributed by atoms with Crippen LogP contribution in [-0.2, 0) is 7.05 Å². The molecule has 1 heterocycles. The molecule has 0 aliphatic rings. The molecule has 1 aromatic rings. The molecule has 3 heteroatoms. The first-order chi connectivity index (χ1) is 6.29. The maximum atomic E-state index is 4.13. The van der Waals surface area contributed by atoms with E-state index in [1.807, 2.05) is 19.6 Å². The quantitative estimate of drug-likeness (QED) is 0.751. The van der Waals surface area contributed by atoms with Crippen molar-refractivity contribution in [2.75, 3.05) is 6.54 Å². The van der Waals surface area contributed by atoms with Crippen molar-refractivity contribution >= 4 is 0 Å². The Morgan fingerprint density at radius 3 is 2.77 bits per heavy atom. The van der Waals surface area contributed by atoms with Crippen molar-refractivity contribution in [1.29, 1.82) is 0 Å². The lowest BCUT2D eigenvalue weighted by Crippen LogP contribution is -2.22. The third kappa shape index (κ3) is 2.56. The van der Waals surface area contributed by atoms with E-state index in [1.165, 1.54) is 18.5 Å². The SMILES string of the molecule is CCCC(NCC)c1cncn1C. The number of nitrogens with one attached hydrogen (secondary N) is 1. The van der Waals surface area contributed by atoms with Crippen molar-refractivity contribution in [3.63, 3.8) is 0 Å². The molecule has 74 valence electrons. The predicted molar refractivity (Wildman–Crippen MR) is 54.5 cm³/mol. The summed E-state index contributed by atoms with van der Waals surface area (Å²) in [5.41, 5.74) is 1.28. The van der Waals surface area contributed by atoms with Crippen molar-refractivity contribution in [2.45, 2.75) is 32.7 Å². The van der Waals surface area contributed by atoms with Crippen molar-refractivity contribution in [2.24, 2.45) is 7.05 Å². The van der Waals surface area contributed by atoms with E-state index >= 15 is 0 Å². The van der Waals surface area contributed by atoms with E-state index in [9.17, 15) is 0 Å². The summed E-state index contributed by atoms with van der Waals surface area (Å²) < 4.78 is 2.09. The van der Waals surface area contributed by atoms with Crippen molar-refractivity contribution in [3.8, 4) is 0 Å². The topological polar surface area (TPSA) is 29.9 Å². The molecule has 0 aliphatic carbocycles. The van der Waals surface area contributed by atoms with Gasteiger partial charge in [-0.15, -0.1) is 0 Å². The van der Waals surface area contributed by atoms with E-state index in [2.05, 4.69) is 28.7 Å². The maximum Gasteiger partial charge on any atom is 0.0946 e. The van der Waals surface area contributed by atoms with Gasteiger partial charge in [0.15, 0.2) is 0 Å². The Labute approximate surface area is 80.2 Å². The van der Waals surface area contributed by atoms with Gasteiger partial charge in [0.05, 0.1) is 12.0 Å². The van der Waals surface area contributed by atoms with Gasteiger partial charge in [-0.25, -0.2) is 4.98 Å². The third-order valence-corrected chi connectivity index (χ3v) is 2.24. The van der Waals surface area contributed by atoms with Crippen LogP contribution in [0.4, 0.5) is 0 Å². The first-order valence-corrected chi connectivity index (χ1v) is 4.99. The second-order valence-electron chi connectivity index (χ2n) is 3.33. The van der Waals surface area contributed by atoms with Gasteiger partial charge in [-0.05, 0) is 13.0 Å². The number of nitrogens with zero attached hydrogens (tertiary/aromatic N) is 2. The van der Waals surface area contributed by atoms with E-state index in [-0.39, 0.29) is 0 Å². The van der Waals surface area contributed by atoms with E-state index < -0.39 is 0 Å². The summed E-state index contributed by atoms with van der Waals surface area (Å²) in [4.78, 5) is 4.13. The Kier molecular flexibility index (Phi) is 3.96. The molecule has 1 atom stereocenters. The number of aromatic nitrogens is 2. The first kappa shape index (κ1) is 10.3. The molecule has 0 aromatic carbocycles. The molecule has 1 unspecified atom stereocenters. The van der Waals surface area contributed by atoms with Crippen LogP contribution in [0.2, 0.25) is 0 Å². The summed E-state index contributed by atoms with van der Waals surface area (Å²) in [5, 5.41) is 3.47. The minimum Gasteiger partial charge on any atom is -0.336 e. The van der Waals surface area contributed by atoms with Crippen LogP contribution in [0.25, 0.3) is 0 Å². The Morgan fingerprint density at radius 1 is 1.54 bits per heavy atom. The van der Waals surface area contributed by atoms with Crippen LogP contribution in [0.15, 0.2) is 12.5 Å². The van der Waals surface area contributed by atoms with E-state index in [0.717, 1.165) is 6.54 Å². The molecule has 3 nitrogen and oxygen atoms in total. The fourth-order valence-electron chi connectivity index (χ4n) is 1.59. The standard InChI is InChI=1S/C10H19N3/c1-4-6-9(12-5-2)10-7-11-8-13(10)3/h7-9,12H,4-6H2,1-3H3. The number of rotatable bonds is 5. The zero-order valence-electron chi connectivity index (χ0n) is 8.75. The number of hydrogen-bond donors (Lipinski definition) is 1. The summed E-state index contributed by atoms with van der Waals surface area (Å²) in [6.45, 7) is 5.36. The highest BCUT2D eigenvalue weighted by Gasteiger charge is 2.11. The Morgan fingerprint density at radius 2 is 2.31 bits per heavy atom. The lowest BCUT2D eigenvalue weighted by Gasteiger charge is -2.17. The van der Waals surface area contributed by atoms with Gasteiger partial charge in [0.25, 0.3) is 0 Å². The fourth-order valence-corrected chi connectivity index (χ4v) is 1.59. The average molecular weight is 181 g/mol. The van der Waals surface area contributed by atoms with Gasteiger partial charge < -0.3 is 9.88 Å². The van der Waals surface area contributed by atoms with Crippen LogP contribution in [0.1, 0.15) is 38.4 Å². The van der Waals surface area contributed by atoms with E-state index in [1.54, 1.807) is 0 Å². The maximum absolute atomic E-state index is 4.13. The summed E-state index contributed by atoms with van der Waals surface area (Å²) in [7, 11) is 2.04. The summed E-state index contributed by atoms with van der Waals surface area (Å²) >= 11 is 0. The molecule has 0 spiro atoms. The minimum absolute atomic E-state index is 0.461. The molecule has 0 bridgehead atoms. The monoisotopic (exact) mass is 181 g/mol. The zero-order valence-corrected chi connectivity index (χ0v) is 8.75. The van der Waals surface area contributed by atoms with Crippen LogP contribution in [-0.4, -0.2) is 16.1 Å². The Balaban J connectivity index is 2.69. The highest BCUT2D eigenvalue weighted by molar-refractivity contribution is 5.04.